The van der Waals surface area contributed by atoms with E-state index in [-0.39, 0.29) is 11.5 Å². The van der Waals surface area contributed by atoms with Crippen LogP contribution in [-0.2, 0) is 0 Å². The topological polar surface area (TPSA) is 26.0 Å². The fourth-order valence-corrected chi connectivity index (χ4v) is 1.55. The third-order valence-electron chi connectivity index (χ3n) is 2.57. The van der Waals surface area contributed by atoms with Crippen LogP contribution in [0.15, 0.2) is 18.2 Å². The van der Waals surface area contributed by atoms with Crippen molar-refractivity contribution in [1.29, 1.82) is 0 Å². The van der Waals surface area contributed by atoms with E-state index in [2.05, 4.69) is 20.8 Å². The summed E-state index contributed by atoms with van der Waals surface area (Å²) in [6, 6.07) is 3.19. The maximum atomic E-state index is 13.4. The Morgan fingerprint density at radius 1 is 1.25 bits per heavy atom. The molecule has 0 aliphatic rings. The van der Waals surface area contributed by atoms with Gasteiger partial charge >= 0.3 is 0 Å². The van der Waals surface area contributed by atoms with Crippen LogP contribution in [-0.4, -0.2) is 0 Å². The smallest absolute Gasteiger partial charge is 0.130 e. The molecule has 0 spiro atoms. The van der Waals surface area contributed by atoms with E-state index in [1.165, 1.54) is 12.1 Å². The van der Waals surface area contributed by atoms with Crippen LogP contribution in [0.5, 0.6) is 0 Å². The van der Waals surface area contributed by atoms with Gasteiger partial charge < -0.3 is 5.73 Å². The average Bonchev–Trinajstić information content (AvgIpc) is 2.13. The minimum atomic E-state index is -0.565. The Kier molecular flexibility index (Phi) is 4.03. The lowest BCUT2D eigenvalue weighted by Crippen LogP contribution is -2.16. The third kappa shape index (κ3) is 3.89. The highest BCUT2D eigenvalue weighted by molar-refractivity contribution is 5.21. The molecule has 1 atom stereocenters. The van der Waals surface area contributed by atoms with Crippen LogP contribution < -0.4 is 5.73 Å². The molecule has 0 radical (unpaired) electrons. The molecule has 0 saturated heterocycles. The predicted octanol–water partition coefficient (Wildman–Crippen LogP) is 3.79. The molecule has 1 aromatic rings. The number of nitrogens with two attached hydrogens (primary N) is 1. The highest BCUT2D eigenvalue weighted by atomic mass is 19.1. The first-order valence-electron chi connectivity index (χ1n) is 5.50. The first kappa shape index (κ1) is 13.1. The Balaban J connectivity index is 2.70. The van der Waals surface area contributed by atoms with Gasteiger partial charge in [-0.05, 0) is 24.3 Å². The second-order valence-electron chi connectivity index (χ2n) is 5.37. The van der Waals surface area contributed by atoms with Gasteiger partial charge in [-0.2, -0.15) is 0 Å². The lowest BCUT2D eigenvalue weighted by Gasteiger charge is -2.21. The molecule has 0 aliphatic carbocycles. The summed E-state index contributed by atoms with van der Waals surface area (Å²) in [5.41, 5.74) is 6.46. The zero-order valence-electron chi connectivity index (χ0n) is 10.1. The summed E-state index contributed by atoms with van der Waals surface area (Å²) >= 11 is 0. The lowest BCUT2D eigenvalue weighted by atomic mass is 9.87. The highest BCUT2D eigenvalue weighted by Gasteiger charge is 2.16. The summed E-state index contributed by atoms with van der Waals surface area (Å²) in [7, 11) is 0. The third-order valence-corrected chi connectivity index (χ3v) is 2.57. The Hall–Kier alpha value is -0.960. The van der Waals surface area contributed by atoms with Crippen molar-refractivity contribution in [2.24, 2.45) is 11.1 Å². The van der Waals surface area contributed by atoms with Gasteiger partial charge in [0, 0.05) is 17.7 Å². The predicted molar refractivity (Wildman–Crippen MR) is 62.0 cm³/mol. The summed E-state index contributed by atoms with van der Waals surface area (Å²) in [6.07, 6.45) is 1.61. The Labute approximate surface area is 95.7 Å². The van der Waals surface area contributed by atoms with E-state index >= 15 is 0 Å². The van der Waals surface area contributed by atoms with Gasteiger partial charge in [-0.25, -0.2) is 8.78 Å². The quantitative estimate of drug-likeness (QED) is 0.835. The molecule has 2 N–H and O–H groups in total. The molecule has 0 bridgehead atoms. The maximum Gasteiger partial charge on any atom is 0.130 e. The fraction of sp³-hybridized carbons (Fsp3) is 0.538. The molecule has 0 saturated carbocycles. The van der Waals surface area contributed by atoms with Crippen molar-refractivity contribution >= 4 is 0 Å². The van der Waals surface area contributed by atoms with Crippen LogP contribution in [0.1, 0.15) is 45.2 Å². The van der Waals surface area contributed by atoms with Crippen LogP contribution in [0.2, 0.25) is 0 Å². The largest absolute Gasteiger partial charge is 0.324 e. The molecule has 1 nitrogen and oxygen atoms in total. The van der Waals surface area contributed by atoms with E-state index in [9.17, 15) is 8.78 Å². The van der Waals surface area contributed by atoms with Crippen molar-refractivity contribution in [1.82, 2.24) is 0 Å². The van der Waals surface area contributed by atoms with E-state index in [4.69, 9.17) is 5.73 Å². The molecular weight excluding hydrogens is 208 g/mol. The van der Waals surface area contributed by atoms with Crippen molar-refractivity contribution in [2.45, 2.75) is 39.7 Å². The normalized spacial score (nSPS) is 13.9. The molecule has 1 rings (SSSR count). The summed E-state index contributed by atoms with van der Waals surface area (Å²) in [5, 5.41) is 0. The van der Waals surface area contributed by atoms with Crippen LogP contribution in [0.4, 0.5) is 8.78 Å². The summed E-state index contributed by atoms with van der Waals surface area (Å²) in [5.74, 6) is -1.12. The fourth-order valence-electron chi connectivity index (χ4n) is 1.55. The van der Waals surface area contributed by atoms with Gasteiger partial charge in [0.05, 0.1) is 0 Å². The number of halogens is 2. The van der Waals surface area contributed by atoms with Crippen molar-refractivity contribution in [2.75, 3.05) is 0 Å². The van der Waals surface area contributed by atoms with Crippen molar-refractivity contribution in [3.8, 4) is 0 Å². The molecule has 90 valence electrons. The van der Waals surface area contributed by atoms with Crippen LogP contribution in [0, 0.1) is 17.0 Å². The van der Waals surface area contributed by atoms with Gasteiger partial charge in [-0.3, -0.25) is 0 Å². The molecule has 3 heteroatoms. The first-order valence-corrected chi connectivity index (χ1v) is 5.50. The zero-order chi connectivity index (χ0) is 12.3. The van der Waals surface area contributed by atoms with E-state index in [1.54, 1.807) is 0 Å². The van der Waals surface area contributed by atoms with Crippen LogP contribution in [0.3, 0.4) is 0 Å². The average molecular weight is 227 g/mol. The molecule has 0 aliphatic heterocycles. The molecule has 1 aromatic carbocycles. The second-order valence-corrected chi connectivity index (χ2v) is 5.37. The maximum absolute atomic E-state index is 13.4. The molecule has 16 heavy (non-hydrogen) atoms. The standard InChI is InChI=1S/C13H19F2N/c1-13(2,3)7-6-12(16)10-5-4-9(14)8-11(10)15/h4-5,8,12H,6-7,16H2,1-3H3. The van der Waals surface area contributed by atoms with Gasteiger partial charge in [-0.15, -0.1) is 0 Å². The van der Waals surface area contributed by atoms with Crippen molar-refractivity contribution < 1.29 is 8.78 Å². The van der Waals surface area contributed by atoms with Gasteiger partial charge in [0.25, 0.3) is 0 Å². The Morgan fingerprint density at radius 3 is 2.38 bits per heavy atom. The molecule has 0 amide bonds. The molecule has 0 heterocycles. The number of rotatable bonds is 3. The number of hydrogen-bond donors (Lipinski definition) is 1. The SMILES string of the molecule is CC(C)(C)CCC(N)c1ccc(F)cc1F. The van der Waals surface area contributed by atoms with Crippen LogP contribution >= 0.6 is 0 Å². The minimum Gasteiger partial charge on any atom is -0.324 e. The molecule has 0 fully saturated rings. The monoisotopic (exact) mass is 227 g/mol. The van der Waals surface area contributed by atoms with Crippen molar-refractivity contribution in [3.63, 3.8) is 0 Å². The van der Waals surface area contributed by atoms with Gasteiger partial charge in [-0.1, -0.05) is 26.8 Å². The highest BCUT2D eigenvalue weighted by Crippen LogP contribution is 2.27. The minimum absolute atomic E-state index is 0.175. The summed E-state index contributed by atoms with van der Waals surface area (Å²) < 4.78 is 26.1. The molecular formula is C13H19F2N. The van der Waals surface area contributed by atoms with E-state index in [0.29, 0.717) is 12.0 Å². The van der Waals surface area contributed by atoms with E-state index in [0.717, 1.165) is 12.5 Å². The number of benzene rings is 1. The van der Waals surface area contributed by atoms with Gasteiger partial charge in [0.1, 0.15) is 11.6 Å². The van der Waals surface area contributed by atoms with Crippen molar-refractivity contribution in [3.05, 3.63) is 35.4 Å². The van der Waals surface area contributed by atoms with Gasteiger partial charge in [0.2, 0.25) is 0 Å². The Bertz CT molecular complexity index is 355. The van der Waals surface area contributed by atoms with Gasteiger partial charge in [0.15, 0.2) is 0 Å². The molecule has 1 unspecified atom stereocenters. The van der Waals surface area contributed by atoms with E-state index in [1.807, 2.05) is 0 Å². The lowest BCUT2D eigenvalue weighted by molar-refractivity contribution is 0.347. The zero-order valence-corrected chi connectivity index (χ0v) is 10.1. The second kappa shape index (κ2) is 4.91. The van der Waals surface area contributed by atoms with E-state index < -0.39 is 11.6 Å². The molecule has 0 aromatic heterocycles. The summed E-state index contributed by atoms with van der Waals surface area (Å²) in [4.78, 5) is 0. The van der Waals surface area contributed by atoms with Crippen LogP contribution in [0.25, 0.3) is 0 Å². The summed E-state index contributed by atoms with van der Waals surface area (Å²) in [6.45, 7) is 6.34. The number of hydrogen-bond acceptors (Lipinski definition) is 1. The Morgan fingerprint density at radius 2 is 1.88 bits per heavy atom. The first-order chi connectivity index (χ1) is 7.29.